The second kappa shape index (κ2) is 10.2. The predicted molar refractivity (Wildman–Crippen MR) is 140 cm³/mol. The van der Waals surface area contributed by atoms with Crippen LogP contribution in [0.25, 0.3) is 17.0 Å². The van der Waals surface area contributed by atoms with Gasteiger partial charge in [0.25, 0.3) is 5.56 Å². The van der Waals surface area contributed by atoms with Crippen LogP contribution < -0.4 is 14.9 Å². The maximum Gasteiger partial charge on any atom is 0.434 e. The number of benzene rings is 2. The molecule has 0 unspecified atom stereocenters. The van der Waals surface area contributed by atoms with Crippen molar-refractivity contribution in [1.82, 2.24) is 9.13 Å². The highest BCUT2D eigenvalue weighted by atomic mass is 35.5. The summed E-state index contributed by atoms with van der Waals surface area (Å²) in [6.45, 7) is 1.38. The molecule has 5 rings (SSSR count). The summed E-state index contributed by atoms with van der Waals surface area (Å²) in [5, 5.41) is 10.3. The minimum absolute atomic E-state index is 0.0734. The Balaban J connectivity index is 1.81. The Morgan fingerprint density at radius 3 is 2.62 bits per heavy atom. The van der Waals surface area contributed by atoms with E-state index in [1.807, 2.05) is 18.2 Å². The monoisotopic (exact) mass is 570 g/mol. The van der Waals surface area contributed by atoms with Crippen molar-refractivity contribution in [3.05, 3.63) is 102 Å². The van der Waals surface area contributed by atoms with Gasteiger partial charge in [0.1, 0.15) is 6.54 Å². The summed E-state index contributed by atoms with van der Waals surface area (Å²) in [6, 6.07) is 13.7. The number of carbonyl (C=O) groups is 1. The van der Waals surface area contributed by atoms with Gasteiger partial charge in [-0.05, 0) is 36.8 Å². The highest BCUT2D eigenvalue weighted by Gasteiger charge is 2.45. The van der Waals surface area contributed by atoms with Gasteiger partial charge >= 0.3 is 12.1 Å². The number of allylic oxidation sites excluding steroid dienone is 1. The molecule has 4 aromatic rings. The summed E-state index contributed by atoms with van der Waals surface area (Å²) in [7, 11) is 0. The van der Waals surface area contributed by atoms with E-state index in [0.29, 0.717) is 10.6 Å². The van der Waals surface area contributed by atoms with Crippen molar-refractivity contribution in [2.45, 2.75) is 25.7 Å². The lowest BCUT2D eigenvalue weighted by atomic mass is 9.95. The molecule has 1 atom stereocenters. The van der Waals surface area contributed by atoms with Gasteiger partial charge in [0.05, 0.1) is 28.8 Å². The molecule has 1 aliphatic heterocycles. The van der Waals surface area contributed by atoms with E-state index in [2.05, 4.69) is 11.1 Å². The van der Waals surface area contributed by atoms with Crippen LogP contribution >= 0.6 is 22.9 Å². The lowest BCUT2D eigenvalue weighted by Gasteiger charge is -2.26. The third kappa shape index (κ3) is 4.77. The lowest BCUT2D eigenvalue weighted by Crippen LogP contribution is -2.41. The number of nitriles is 1. The SMILES string of the molecule is CCOC(=O)C1=C(C(F)(F)F)N=c2s/c(=C\c3cn(CC#N)c4ccccc34)c(=O)n2[C@H]1c1ccc(Cl)cc1. The number of ether oxygens (including phenoxy) is 1. The smallest absolute Gasteiger partial charge is 0.434 e. The first kappa shape index (κ1) is 26.5. The van der Waals surface area contributed by atoms with Crippen molar-refractivity contribution >= 4 is 45.9 Å². The van der Waals surface area contributed by atoms with Crippen molar-refractivity contribution in [3.8, 4) is 6.07 Å². The van der Waals surface area contributed by atoms with Crippen LogP contribution in [-0.2, 0) is 16.1 Å². The summed E-state index contributed by atoms with van der Waals surface area (Å²) in [4.78, 5) is 30.2. The van der Waals surface area contributed by atoms with Crippen molar-refractivity contribution in [3.63, 3.8) is 0 Å². The molecule has 39 heavy (non-hydrogen) atoms. The second-order valence-electron chi connectivity index (χ2n) is 8.50. The number of alkyl halides is 3. The van der Waals surface area contributed by atoms with Crippen LogP contribution in [-0.4, -0.2) is 27.9 Å². The Kier molecular flexibility index (Phi) is 6.92. The molecule has 0 bridgehead atoms. The molecule has 0 radical (unpaired) electrons. The molecule has 2 aromatic heterocycles. The molecule has 3 heterocycles. The Morgan fingerprint density at radius 1 is 1.23 bits per heavy atom. The molecule has 0 N–H and O–H groups in total. The van der Waals surface area contributed by atoms with Crippen molar-refractivity contribution in [2.75, 3.05) is 6.61 Å². The molecule has 0 saturated carbocycles. The number of thiazole rings is 1. The number of nitrogens with zero attached hydrogens (tertiary/aromatic N) is 4. The van der Waals surface area contributed by atoms with Crippen LogP contribution in [0.2, 0.25) is 5.02 Å². The van der Waals surface area contributed by atoms with Gasteiger partial charge in [0.15, 0.2) is 10.5 Å². The number of rotatable bonds is 5. The van der Waals surface area contributed by atoms with Gasteiger partial charge in [0, 0.05) is 27.7 Å². The van der Waals surface area contributed by atoms with E-state index in [9.17, 15) is 28.0 Å². The molecule has 2 aromatic carbocycles. The van der Waals surface area contributed by atoms with E-state index >= 15 is 0 Å². The average molecular weight is 571 g/mol. The van der Waals surface area contributed by atoms with E-state index in [4.69, 9.17) is 16.3 Å². The van der Waals surface area contributed by atoms with Crippen LogP contribution in [0.1, 0.15) is 24.1 Å². The maximum absolute atomic E-state index is 14.2. The van der Waals surface area contributed by atoms with E-state index in [1.165, 1.54) is 31.2 Å². The molecule has 0 amide bonds. The summed E-state index contributed by atoms with van der Waals surface area (Å²) < 4.78 is 50.6. The molecular formula is C27H18ClF3N4O3S. The lowest BCUT2D eigenvalue weighted by molar-refractivity contribution is -0.140. The molecule has 0 fully saturated rings. The van der Waals surface area contributed by atoms with E-state index < -0.39 is 35.0 Å². The highest BCUT2D eigenvalue weighted by Crippen LogP contribution is 2.38. The third-order valence-corrected chi connectivity index (χ3v) is 7.36. The molecular weight excluding hydrogens is 553 g/mol. The number of esters is 1. The highest BCUT2D eigenvalue weighted by molar-refractivity contribution is 7.07. The quantitative estimate of drug-likeness (QED) is 0.331. The molecule has 198 valence electrons. The fourth-order valence-corrected chi connectivity index (χ4v) is 5.66. The first-order valence-corrected chi connectivity index (χ1v) is 12.8. The molecule has 7 nitrogen and oxygen atoms in total. The molecule has 1 aliphatic rings. The van der Waals surface area contributed by atoms with Crippen molar-refractivity contribution in [1.29, 1.82) is 5.26 Å². The topological polar surface area (TPSA) is 89.4 Å². The number of para-hydroxylation sites is 1. The normalized spacial score (nSPS) is 15.7. The van der Waals surface area contributed by atoms with Gasteiger partial charge in [-0.3, -0.25) is 9.36 Å². The summed E-state index contributed by atoms with van der Waals surface area (Å²) in [5.41, 5.74) is -1.22. The van der Waals surface area contributed by atoms with Gasteiger partial charge in [-0.25, -0.2) is 9.79 Å². The first-order valence-electron chi connectivity index (χ1n) is 11.6. The largest absolute Gasteiger partial charge is 0.463 e. The van der Waals surface area contributed by atoms with Gasteiger partial charge in [-0.15, -0.1) is 0 Å². The van der Waals surface area contributed by atoms with E-state index in [1.54, 1.807) is 22.9 Å². The zero-order valence-corrected chi connectivity index (χ0v) is 21.8. The van der Waals surface area contributed by atoms with E-state index in [0.717, 1.165) is 26.8 Å². The molecule has 0 aliphatic carbocycles. The summed E-state index contributed by atoms with van der Waals surface area (Å²) in [6.07, 6.45) is -1.74. The number of carbonyl (C=O) groups excluding carboxylic acids is 1. The van der Waals surface area contributed by atoms with E-state index in [-0.39, 0.29) is 28.0 Å². The Labute approximate surface area is 228 Å². The molecule has 0 saturated heterocycles. The maximum atomic E-state index is 14.2. The Morgan fingerprint density at radius 2 is 1.95 bits per heavy atom. The number of fused-ring (bicyclic) bond motifs is 2. The van der Waals surface area contributed by atoms with Gasteiger partial charge in [-0.2, -0.15) is 18.4 Å². The molecule has 0 spiro atoms. The van der Waals surface area contributed by atoms with Crippen LogP contribution in [0.15, 0.2) is 75.8 Å². The second-order valence-corrected chi connectivity index (χ2v) is 9.95. The fourth-order valence-electron chi connectivity index (χ4n) is 4.54. The van der Waals surface area contributed by atoms with Crippen LogP contribution in [0.4, 0.5) is 13.2 Å². The minimum atomic E-state index is -4.99. The number of halogens is 4. The van der Waals surface area contributed by atoms with Crippen molar-refractivity contribution in [2.24, 2.45) is 4.99 Å². The summed E-state index contributed by atoms with van der Waals surface area (Å²) in [5.74, 6) is -1.22. The Hall–Kier alpha value is -4.14. The average Bonchev–Trinajstić information content (AvgIpc) is 3.40. The Bertz CT molecular complexity index is 1860. The van der Waals surface area contributed by atoms with Crippen LogP contribution in [0, 0.1) is 11.3 Å². The van der Waals surface area contributed by atoms with Crippen LogP contribution in [0.5, 0.6) is 0 Å². The zero-order chi connectivity index (χ0) is 27.9. The number of aromatic nitrogens is 2. The summed E-state index contributed by atoms with van der Waals surface area (Å²) >= 11 is 6.78. The molecule has 12 heteroatoms. The van der Waals surface area contributed by atoms with Gasteiger partial charge in [0.2, 0.25) is 0 Å². The van der Waals surface area contributed by atoms with Crippen molar-refractivity contribution < 1.29 is 22.7 Å². The third-order valence-electron chi connectivity index (χ3n) is 6.13. The number of hydrogen-bond acceptors (Lipinski definition) is 6. The standard InChI is InChI=1S/C27H18ClF3N4O3S/c1-2-38-25(37)21-22(15-7-9-17(28)10-8-15)35-24(36)20(39-26(35)33-23(21)27(29,30)31)13-16-14-34(12-11-32)19-6-4-3-5-18(16)19/h3-10,13-14,22H,2,12H2,1H3/b20-13-/t22-/m0/s1. The predicted octanol–water partition coefficient (Wildman–Crippen LogP) is 4.47. The number of hydrogen-bond donors (Lipinski definition) is 0. The first-order chi connectivity index (χ1) is 18.6. The van der Waals surface area contributed by atoms with Crippen LogP contribution in [0.3, 0.4) is 0 Å². The zero-order valence-electron chi connectivity index (χ0n) is 20.2. The minimum Gasteiger partial charge on any atom is -0.463 e. The van der Waals surface area contributed by atoms with Gasteiger partial charge in [-0.1, -0.05) is 53.3 Å². The fraction of sp³-hybridized carbons (Fsp3) is 0.185. The van der Waals surface area contributed by atoms with Gasteiger partial charge < -0.3 is 9.30 Å².